The fourth-order valence-electron chi connectivity index (χ4n) is 2.08. The van der Waals surface area contributed by atoms with Crippen LogP contribution in [0, 0.1) is 0 Å². The molecule has 2 aromatic rings. The fourth-order valence-corrected chi connectivity index (χ4v) is 2.08. The molecule has 2 aromatic carbocycles. The quantitative estimate of drug-likeness (QED) is 0.350. The van der Waals surface area contributed by atoms with E-state index in [4.69, 9.17) is 19.4 Å². The van der Waals surface area contributed by atoms with Gasteiger partial charge in [0.2, 0.25) is 0 Å². The van der Waals surface area contributed by atoms with Crippen molar-refractivity contribution in [3.8, 4) is 17.2 Å². The Hall–Kier alpha value is -2.69. The molecular formula is C18H21NO4. The van der Waals surface area contributed by atoms with Gasteiger partial charge in [-0.25, -0.2) is 0 Å². The summed E-state index contributed by atoms with van der Waals surface area (Å²) in [5.74, 6) is 2.02. The predicted octanol–water partition coefficient (Wildman–Crippen LogP) is 3.52. The van der Waals surface area contributed by atoms with Crippen molar-refractivity contribution in [2.45, 2.75) is 13.3 Å². The van der Waals surface area contributed by atoms with Crippen LogP contribution in [-0.2, 0) is 6.42 Å². The number of oxime groups is 1. The van der Waals surface area contributed by atoms with E-state index in [0.29, 0.717) is 24.7 Å². The normalized spacial score (nSPS) is 10.7. The molecule has 0 amide bonds. The number of benzene rings is 2. The third-order valence-corrected chi connectivity index (χ3v) is 3.34. The third kappa shape index (κ3) is 4.92. The smallest absolute Gasteiger partial charge is 0.161 e. The first-order valence-corrected chi connectivity index (χ1v) is 7.46. The maximum Gasteiger partial charge on any atom is 0.161 e. The highest BCUT2D eigenvalue weighted by Crippen LogP contribution is 2.27. The van der Waals surface area contributed by atoms with E-state index in [1.165, 1.54) is 11.8 Å². The molecule has 0 bridgehead atoms. The maximum atomic E-state index is 8.55. The first-order valence-electron chi connectivity index (χ1n) is 7.46. The van der Waals surface area contributed by atoms with Gasteiger partial charge in [0.1, 0.15) is 19.0 Å². The minimum absolute atomic E-state index is 0.402. The molecule has 5 heteroatoms. The predicted molar refractivity (Wildman–Crippen MR) is 89.2 cm³/mol. The molecule has 0 aliphatic heterocycles. The zero-order valence-corrected chi connectivity index (χ0v) is 13.4. The second-order valence-corrected chi connectivity index (χ2v) is 4.85. The summed E-state index contributed by atoms with van der Waals surface area (Å²) in [6, 6.07) is 13.3. The number of aryl methyl sites for hydroxylation is 1. The molecule has 0 aromatic heterocycles. The first kappa shape index (κ1) is 16.7. The van der Waals surface area contributed by atoms with Gasteiger partial charge in [-0.15, -0.1) is 0 Å². The molecule has 0 radical (unpaired) electrons. The maximum absolute atomic E-state index is 8.55. The van der Waals surface area contributed by atoms with Gasteiger partial charge in [0, 0.05) is 5.56 Å². The van der Waals surface area contributed by atoms with Crippen molar-refractivity contribution in [1.29, 1.82) is 0 Å². The molecule has 5 nitrogen and oxygen atoms in total. The molecule has 0 unspecified atom stereocenters. The molecule has 0 heterocycles. The minimum Gasteiger partial charge on any atom is -0.493 e. The van der Waals surface area contributed by atoms with E-state index in [1.54, 1.807) is 25.3 Å². The summed E-state index contributed by atoms with van der Waals surface area (Å²) in [5, 5.41) is 11.5. The highest BCUT2D eigenvalue weighted by atomic mass is 16.5. The summed E-state index contributed by atoms with van der Waals surface area (Å²) in [6.45, 7) is 2.96. The van der Waals surface area contributed by atoms with Gasteiger partial charge in [0.15, 0.2) is 11.5 Å². The van der Waals surface area contributed by atoms with E-state index in [1.807, 2.05) is 12.1 Å². The van der Waals surface area contributed by atoms with Crippen molar-refractivity contribution in [2.75, 3.05) is 20.3 Å². The summed E-state index contributed by atoms with van der Waals surface area (Å²) in [7, 11) is 1.56. The molecule has 0 aliphatic rings. The van der Waals surface area contributed by atoms with E-state index in [2.05, 4.69) is 24.2 Å². The lowest BCUT2D eigenvalue weighted by molar-refractivity contribution is 0.211. The van der Waals surface area contributed by atoms with Crippen molar-refractivity contribution in [3.05, 3.63) is 53.6 Å². The fraction of sp³-hybridized carbons (Fsp3) is 0.278. The molecule has 0 fully saturated rings. The Balaban J connectivity index is 1.85. The topological polar surface area (TPSA) is 60.3 Å². The average Bonchev–Trinajstić information content (AvgIpc) is 2.60. The van der Waals surface area contributed by atoms with Crippen LogP contribution < -0.4 is 14.2 Å². The molecule has 0 spiro atoms. The molecule has 0 saturated carbocycles. The van der Waals surface area contributed by atoms with Gasteiger partial charge in [-0.05, 0) is 42.3 Å². The average molecular weight is 315 g/mol. The van der Waals surface area contributed by atoms with Crippen LogP contribution in [0.4, 0.5) is 0 Å². The van der Waals surface area contributed by atoms with E-state index in [-0.39, 0.29) is 0 Å². The second kappa shape index (κ2) is 8.68. The summed E-state index contributed by atoms with van der Waals surface area (Å²) in [5.41, 5.74) is 2.01. The highest BCUT2D eigenvalue weighted by Gasteiger charge is 2.05. The number of methoxy groups -OCH3 is 1. The standard InChI is InChI=1S/C18H21NO4/c1-3-14-4-7-16(8-5-14)22-10-11-23-17-9-6-15(13-19-20)12-18(17)21-2/h4-9,12-13,20H,3,10-11H2,1-2H3/b19-13+. The molecule has 0 aliphatic carbocycles. The first-order chi connectivity index (χ1) is 11.3. The number of ether oxygens (including phenoxy) is 3. The highest BCUT2D eigenvalue weighted by molar-refractivity contribution is 5.80. The van der Waals surface area contributed by atoms with Crippen molar-refractivity contribution in [3.63, 3.8) is 0 Å². The molecule has 23 heavy (non-hydrogen) atoms. The van der Waals surface area contributed by atoms with Gasteiger partial charge >= 0.3 is 0 Å². The van der Waals surface area contributed by atoms with Gasteiger partial charge in [-0.2, -0.15) is 0 Å². The Morgan fingerprint density at radius 3 is 2.39 bits per heavy atom. The summed E-state index contributed by atoms with van der Waals surface area (Å²) < 4.78 is 16.6. The van der Waals surface area contributed by atoms with Gasteiger partial charge in [0.25, 0.3) is 0 Å². The van der Waals surface area contributed by atoms with Gasteiger partial charge in [0.05, 0.1) is 13.3 Å². The molecule has 2 rings (SSSR count). The van der Waals surface area contributed by atoms with E-state index >= 15 is 0 Å². The SMILES string of the molecule is CCc1ccc(OCCOc2ccc(/C=N/O)cc2OC)cc1. The van der Waals surface area contributed by atoms with Crippen LogP contribution in [0.1, 0.15) is 18.1 Å². The third-order valence-electron chi connectivity index (χ3n) is 3.34. The lowest BCUT2D eigenvalue weighted by Crippen LogP contribution is -2.09. The van der Waals surface area contributed by atoms with Crippen LogP contribution >= 0.6 is 0 Å². The minimum atomic E-state index is 0.402. The van der Waals surface area contributed by atoms with Crippen LogP contribution in [0.15, 0.2) is 47.6 Å². The van der Waals surface area contributed by atoms with Crippen molar-refractivity contribution < 1.29 is 19.4 Å². The van der Waals surface area contributed by atoms with Crippen LogP contribution in [-0.4, -0.2) is 31.7 Å². The Kier molecular flexibility index (Phi) is 6.29. The van der Waals surface area contributed by atoms with Crippen LogP contribution in [0.5, 0.6) is 17.2 Å². The summed E-state index contributed by atoms with van der Waals surface area (Å²) in [6.07, 6.45) is 2.34. The number of hydrogen-bond acceptors (Lipinski definition) is 5. The zero-order valence-electron chi connectivity index (χ0n) is 13.4. The van der Waals surface area contributed by atoms with E-state index in [0.717, 1.165) is 17.7 Å². The summed E-state index contributed by atoms with van der Waals surface area (Å²) >= 11 is 0. The second-order valence-electron chi connectivity index (χ2n) is 4.85. The lowest BCUT2D eigenvalue weighted by Gasteiger charge is -2.12. The molecule has 0 atom stereocenters. The summed E-state index contributed by atoms with van der Waals surface area (Å²) in [4.78, 5) is 0. The van der Waals surface area contributed by atoms with Crippen LogP contribution in [0.25, 0.3) is 0 Å². The van der Waals surface area contributed by atoms with E-state index < -0.39 is 0 Å². The molecule has 1 N–H and O–H groups in total. The monoisotopic (exact) mass is 315 g/mol. The van der Waals surface area contributed by atoms with Gasteiger partial charge in [-0.1, -0.05) is 24.2 Å². The molecule has 0 saturated heterocycles. The van der Waals surface area contributed by atoms with Gasteiger partial charge in [-0.3, -0.25) is 0 Å². The van der Waals surface area contributed by atoms with Gasteiger partial charge < -0.3 is 19.4 Å². The van der Waals surface area contributed by atoms with Crippen molar-refractivity contribution in [1.82, 2.24) is 0 Å². The van der Waals surface area contributed by atoms with Crippen LogP contribution in [0.2, 0.25) is 0 Å². The van der Waals surface area contributed by atoms with Crippen molar-refractivity contribution in [2.24, 2.45) is 5.16 Å². The molecular weight excluding hydrogens is 294 g/mol. The largest absolute Gasteiger partial charge is 0.493 e. The van der Waals surface area contributed by atoms with Crippen LogP contribution in [0.3, 0.4) is 0 Å². The number of hydrogen-bond donors (Lipinski definition) is 1. The Labute approximate surface area is 136 Å². The van der Waals surface area contributed by atoms with Crippen molar-refractivity contribution >= 4 is 6.21 Å². The zero-order chi connectivity index (χ0) is 16.5. The molecule has 122 valence electrons. The Morgan fingerprint density at radius 2 is 1.74 bits per heavy atom. The number of nitrogens with zero attached hydrogens (tertiary/aromatic N) is 1. The van der Waals surface area contributed by atoms with E-state index in [9.17, 15) is 0 Å². The Morgan fingerprint density at radius 1 is 1.00 bits per heavy atom. The lowest BCUT2D eigenvalue weighted by atomic mass is 10.2. The Bertz CT molecular complexity index is 638. The number of rotatable bonds is 8.